The molecular formula is C17H18F2N2O. The van der Waals surface area contributed by atoms with Gasteiger partial charge in [-0.3, -0.25) is 9.69 Å². The number of hydrogen-bond acceptors (Lipinski definition) is 2. The number of benzene rings is 2. The van der Waals surface area contributed by atoms with Gasteiger partial charge in [0.25, 0.3) is 0 Å². The highest BCUT2D eigenvalue weighted by atomic mass is 19.1. The minimum absolute atomic E-state index is 0.410. The van der Waals surface area contributed by atoms with E-state index in [0.29, 0.717) is 6.54 Å². The minimum atomic E-state index is -0.786. The summed E-state index contributed by atoms with van der Waals surface area (Å²) in [7, 11) is 1.79. The van der Waals surface area contributed by atoms with E-state index in [0.717, 1.165) is 17.7 Å². The van der Waals surface area contributed by atoms with Gasteiger partial charge in [-0.25, -0.2) is 8.78 Å². The molecule has 2 rings (SSSR count). The number of likely N-dealkylation sites (N-methyl/N-ethyl adjacent to an activating group) is 1. The highest BCUT2D eigenvalue weighted by Gasteiger charge is 2.20. The van der Waals surface area contributed by atoms with Crippen molar-refractivity contribution in [3.05, 3.63) is 65.7 Å². The van der Waals surface area contributed by atoms with Crippen LogP contribution in [0.3, 0.4) is 0 Å². The van der Waals surface area contributed by atoms with Crippen LogP contribution in [-0.2, 0) is 11.3 Å². The van der Waals surface area contributed by atoms with Crippen LogP contribution in [0.5, 0.6) is 0 Å². The number of anilines is 1. The summed E-state index contributed by atoms with van der Waals surface area (Å²) in [6, 6.07) is 12.6. The predicted octanol–water partition coefficient (Wildman–Crippen LogP) is 3.42. The molecule has 1 atom stereocenters. The Hall–Kier alpha value is -2.27. The molecule has 1 N–H and O–H groups in total. The Morgan fingerprint density at radius 2 is 1.68 bits per heavy atom. The van der Waals surface area contributed by atoms with Gasteiger partial charge < -0.3 is 5.32 Å². The van der Waals surface area contributed by atoms with Crippen LogP contribution in [-0.4, -0.2) is 23.9 Å². The van der Waals surface area contributed by atoms with Crippen molar-refractivity contribution in [1.29, 1.82) is 0 Å². The van der Waals surface area contributed by atoms with E-state index in [2.05, 4.69) is 5.32 Å². The number of para-hydroxylation sites is 1. The fourth-order valence-electron chi connectivity index (χ4n) is 2.05. The molecule has 22 heavy (non-hydrogen) atoms. The number of carbonyl (C=O) groups is 1. The van der Waals surface area contributed by atoms with Crippen LogP contribution >= 0.6 is 0 Å². The van der Waals surface area contributed by atoms with Crippen LogP contribution in [0.4, 0.5) is 14.5 Å². The number of hydrogen-bond donors (Lipinski definition) is 1. The Kier molecular flexibility index (Phi) is 5.22. The Bertz CT molecular complexity index is 626. The highest BCUT2D eigenvalue weighted by molar-refractivity contribution is 5.94. The van der Waals surface area contributed by atoms with Crippen molar-refractivity contribution in [1.82, 2.24) is 4.90 Å². The lowest BCUT2D eigenvalue weighted by Gasteiger charge is -2.24. The van der Waals surface area contributed by atoms with Crippen molar-refractivity contribution < 1.29 is 13.6 Å². The van der Waals surface area contributed by atoms with Crippen molar-refractivity contribution in [2.45, 2.75) is 19.5 Å². The first-order chi connectivity index (χ1) is 10.5. The summed E-state index contributed by atoms with van der Waals surface area (Å²) >= 11 is 0. The molecule has 0 bridgehead atoms. The van der Waals surface area contributed by atoms with E-state index in [1.54, 1.807) is 14.0 Å². The molecule has 0 heterocycles. The molecule has 0 aliphatic rings. The Morgan fingerprint density at radius 3 is 2.27 bits per heavy atom. The number of carbonyl (C=O) groups excluding carboxylic acids is 1. The van der Waals surface area contributed by atoms with E-state index in [4.69, 9.17) is 0 Å². The SMILES string of the molecule is C[C@@H](C(=O)Nc1c(F)cccc1F)N(C)Cc1ccccc1. The maximum atomic E-state index is 13.6. The summed E-state index contributed by atoms with van der Waals surface area (Å²) in [5.74, 6) is -2.03. The number of nitrogens with one attached hydrogen (secondary N) is 1. The van der Waals surface area contributed by atoms with E-state index in [1.165, 1.54) is 6.07 Å². The van der Waals surface area contributed by atoms with Crippen molar-refractivity contribution >= 4 is 11.6 Å². The van der Waals surface area contributed by atoms with Crippen LogP contribution < -0.4 is 5.32 Å². The lowest BCUT2D eigenvalue weighted by Crippen LogP contribution is -2.39. The molecule has 0 aromatic heterocycles. The third-order valence-corrected chi connectivity index (χ3v) is 3.53. The van der Waals surface area contributed by atoms with Crippen LogP contribution in [0.15, 0.2) is 48.5 Å². The summed E-state index contributed by atoms with van der Waals surface area (Å²) in [5.41, 5.74) is 0.647. The van der Waals surface area contributed by atoms with Gasteiger partial charge in [-0.05, 0) is 31.7 Å². The van der Waals surface area contributed by atoms with E-state index >= 15 is 0 Å². The molecule has 2 aromatic rings. The van der Waals surface area contributed by atoms with E-state index in [1.807, 2.05) is 35.2 Å². The first-order valence-electron chi connectivity index (χ1n) is 6.98. The molecule has 0 aliphatic heterocycles. The molecule has 3 nitrogen and oxygen atoms in total. The van der Waals surface area contributed by atoms with Gasteiger partial charge in [0.1, 0.15) is 17.3 Å². The van der Waals surface area contributed by atoms with Crippen molar-refractivity contribution in [2.24, 2.45) is 0 Å². The zero-order valence-corrected chi connectivity index (χ0v) is 12.5. The summed E-state index contributed by atoms with van der Waals surface area (Å²) in [6.07, 6.45) is 0. The van der Waals surface area contributed by atoms with Gasteiger partial charge in [-0.15, -0.1) is 0 Å². The standard InChI is InChI=1S/C17H18F2N2O/c1-12(21(2)11-13-7-4-3-5-8-13)17(22)20-16-14(18)9-6-10-15(16)19/h3-10,12H,11H2,1-2H3,(H,20,22)/t12-/m0/s1. The third-order valence-electron chi connectivity index (χ3n) is 3.53. The highest BCUT2D eigenvalue weighted by Crippen LogP contribution is 2.18. The molecule has 2 aromatic carbocycles. The Balaban J connectivity index is 2.03. The fourth-order valence-corrected chi connectivity index (χ4v) is 2.05. The maximum Gasteiger partial charge on any atom is 0.241 e. The molecule has 1 amide bonds. The number of halogens is 2. The third kappa shape index (κ3) is 3.89. The van der Waals surface area contributed by atoms with Crippen LogP contribution in [0.25, 0.3) is 0 Å². The number of amides is 1. The largest absolute Gasteiger partial charge is 0.320 e. The second kappa shape index (κ2) is 7.13. The van der Waals surface area contributed by atoms with Crippen molar-refractivity contribution in [3.8, 4) is 0 Å². The van der Waals surface area contributed by atoms with Crippen molar-refractivity contribution in [3.63, 3.8) is 0 Å². The van der Waals surface area contributed by atoms with Gasteiger partial charge in [-0.1, -0.05) is 36.4 Å². The second-order valence-corrected chi connectivity index (χ2v) is 5.16. The van der Waals surface area contributed by atoms with Gasteiger partial charge in [-0.2, -0.15) is 0 Å². The summed E-state index contributed by atoms with van der Waals surface area (Å²) in [4.78, 5) is 14.0. The van der Waals surface area contributed by atoms with E-state index in [9.17, 15) is 13.6 Å². The maximum absolute atomic E-state index is 13.6. The normalized spacial score (nSPS) is 12.2. The van der Waals surface area contributed by atoms with Gasteiger partial charge >= 0.3 is 0 Å². The smallest absolute Gasteiger partial charge is 0.241 e. The lowest BCUT2D eigenvalue weighted by molar-refractivity contribution is -0.120. The zero-order valence-electron chi connectivity index (χ0n) is 12.5. The minimum Gasteiger partial charge on any atom is -0.320 e. The quantitative estimate of drug-likeness (QED) is 0.918. The van der Waals surface area contributed by atoms with Crippen LogP contribution in [0, 0.1) is 11.6 Å². The van der Waals surface area contributed by atoms with Gasteiger partial charge in [0.15, 0.2) is 0 Å². The first-order valence-corrected chi connectivity index (χ1v) is 6.98. The zero-order chi connectivity index (χ0) is 16.1. The average Bonchev–Trinajstić information content (AvgIpc) is 2.51. The van der Waals surface area contributed by atoms with Crippen LogP contribution in [0.1, 0.15) is 12.5 Å². The van der Waals surface area contributed by atoms with Crippen molar-refractivity contribution in [2.75, 3.05) is 12.4 Å². The van der Waals surface area contributed by atoms with Gasteiger partial charge in [0.2, 0.25) is 5.91 Å². The summed E-state index contributed by atoms with van der Waals surface area (Å²) in [5, 5.41) is 2.31. The molecule has 0 unspecified atom stereocenters. The Morgan fingerprint density at radius 1 is 1.09 bits per heavy atom. The second-order valence-electron chi connectivity index (χ2n) is 5.16. The molecule has 0 spiro atoms. The number of rotatable bonds is 5. The van der Waals surface area contributed by atoms with Gasteiger partial charge in [0, 0.05) is 6.54 Å². The molecule has 5 heteroatoms. The molecule has 0 saturated carbocycles. The summed E-state index contributed by atoms with van der Waals surface area (Å²) in [6.45, 7) is 2.26. The predicted molar refractivity (Wildman–Crippen MR) is 82.4 cm³/mol. The molecular weight excluding hydrogens is 286 g/mol. The monoisotopic (exact) mass is 304 g/mol. The fraction of sp³-hybridized carbons (Fsp3) is 0.235. The molecule has 0 radical (unpaired) electrons. The van der Waals surface area contributed by atoms with Crippen LogP contribution in [0.2, 0.25) is 0 Å². The topological polar surface area (TPSA) is 32.3 Å². The first kappa shape index (κ1) is 16.1. The average molecular weight is 304 g/mol. The molecule has 0 fully saturated rings. The Labute approximate surface area is 128 Å². The van der Waals surface area contributed by atoms with E-state index in [-0.39, 0.29) is 0 Å². The summed E-state index contributed by atoms with van der Waals surface area (Å²) < 4.78 is 27.1. The molecule has 116 valence electrons. The lowest BCUT2D eigenvalue weighted by atomic mass is 10.2. The molecule has 0 aliphatic carbocycles. The van der Waals surface area contributed by atoms with Gasteiger partial charge in [0.05, 0.1) is 6.04 Å². The van der Waals surface area contributed by atoms with E-state index < -0.39 is 29.3 Å². The number of nitrogens with zero attached hydrogens (tertiary/aromatic N) is 1. The molecule has 0 saturated heterocycles.